The van der Waals surface area contributed by atoms with Gasteiger partial charge in [0.2, 0.25) is 0 Å². The molecule has 0 fully saturated rings. The molecule has 2 aromatic rings. The Morgan fingerprint density at radius 1 is 1.28 bits per heavy atom. The largest absolute Gasteiger partial charge is 0.460 e. The Balaban J connectivity index is 1.57. The Kier molecular flexibility index (Phi) is 4.74. The Bertz CT molecular complexity index is 795. The van der Waals surface area contributed by atoms with Gasteiger partial charge in [0.05, 0.1) is 6.04 Å². The molecule has 3 N–H and O–H groups in total. The first-order chi connectivity index (χ1) is 11.9. The number of oxazole rings is 1. The third kappa shape index (κ3) is 3.99. The molecule has 0 aliphatic carbocycles. The summed E-state index contributed by atoms with van der Waals surface area (Å²) in [4.78, 5) is 20.6. The molecule has 0 spiro atoms. The maximum absolute atomic E-state index is 12.2. The topological polar surface area (TPSA) is 103 Å². The lowest BCUT2D eigenvalue weighted by Crippen LogP contribution is -2.20. The lowest BCUT2D eigenvalue weighted by atomic mass is 10.0. The monoisotopic (exact) mass is 342 g/mol. The molecule has 2 atom stereocenters. The number of hydrogen-bond acceptors (Lipinski definition) is 6. The van der Waals surface area contributed by atoms with Gasteiger partial charge in [-0.25, -0.2) is 9.98 Å². The van der Waals surface area contributed by atoms with Crippen molar-refractivity contribution in [1.82, 2.24) is 4.98 Å². The number of hydrogen-bond donors (Lipinski definition) is 2. The molecule has 132 valence electrons. The second-order valence-corrected chi connectivity index (χ2v) is 6.19. The van der Waals surface area contributed by atoms with Gasteiger partial charge in [-0.15, -0.1) is 0 Å². The summed E-state index contributed by atoms with van der Waals surface area (Å²) < 4.78 is 10.6. The minimum Gasteiger partial charge on any atom is -0.460 e. The number of benzene rings is 1. The van der Waals surface area contributed by atoms with E-state index in [2.05, 4.69) is 15.3 Å². The van der Waals surface area contributed by atoms with Crippen molar-refractivity contribution in [3.63, 3.8) is 0 Å². The van der Waals surface area contributed by atoms with Gasteiger partial charge >= 0.3 is 0 Å². The maximum atomic E-state index is 12.2. The van der Waals surface area contributed by atoms with Crippen LogP contribution in [0.15, 0.2) is 33.7 Å². The second kappa shape index (κ2) is 6.96. The van der Waals surface area contributed by atoms with Gasteiger partial charge in [0.15, 0.2) is 11.6 Å². The molecule has 2 heterocycles. The van der Waals surface area contributed by atoms with Crippen LogP contribution >= 0.6 is 0 Å². The molecule has 7 heteroatoms. The molecule has 0 bridgehead atoms. The molecular formula is C18H22N4O3. The predicted octanol–water partition coefficient (Wildman–Crippen LogP) is 2.58. The van der Waals surface area contributed by atoms with E-state index in [1.807, 2.05) is 31.2 Å². The van der Waals surface area contributed by atoms with Crippen molar-refractivity contribution >= 4 is 17.6 Å². The molecule has 0 radical (unpaired) electrons. The Labute approximate surface area is 146 Å². The highest BCUT2D eigenvalue weighted by molar-refractivity contribution is 6.03. The van der Waals surface area contributed by atoms with Gasteiger partial charge in [-0.05, 0) is 44.4 Å². The van der Waals surface area contributed by atoms with Crippen LogP contribution in [0.3, 0.4) is 0 Å². The molecule has 1 aliphatic heterocycles. The molecule has 1 aromatic heterocycles. The van der Waals surface area contributed by atoms with Gasteiger partial charge in [0.1, 0.15) is 11.9 Å². The number of anilines is 1. The number of ether oxygens (including phenoxy) is 1. The summed E-state index contributed by atoms with van der Waals surface area (Å²) in [6.45, 7) is 5.41. The number of amidine groups is 1. The Hall–Kier alpha value is -2.83. The number of nitrogens with zero attached hydrogens (tertiary/aromatic N) is 2. The fourth-order valence-electron chi connectivity index (χ4n) is 2.87. The first-order valence-electron chi connectivity index (χ1n) is 8.26. The summed E-state index contributed by atoms with van der Waals surface area (Å²) in [5, 5.41) is 2.83. The summed E-state index contributed by atoms with van der Waals surface area (Å²) in [5.74, 6) is 0.717. The van der Waals surface area contributed by atoms with E-state index in [0.29, 0.717) is 23.0 Å². The van der Waals surface area contributed by atoms with Crippen LogP contribution in [-0.2, 0) is 11.2 Å². The van der Waals surface area contributed by atoms with Gasteiger partial charge in [0.25, 0.3) is 11.9 Å². The summed E-state index contributed by atoms with van der Waals surface area (Å²) in [6.07, 6.45) is 1.75. The van der Waals surface area contributed by atoms with Crippen molar-refractivity contribution in [3.8, 4) is 0 Å². The van der Waals surface area contributed by atoms with E-state index in [1.165, 1.54) is 5.56 Å². The zero-order chi connectivity index (χ0) is 18.0. The number of nitrogens with one attached hydrogen (secondary N) is 1. The molecular weight excluding hydrogens is 320 g/mol. The van der Waals surface area contributed by atoms with Crippen molar-refractivity contribution in [2.75, 3.05) is 5.32 Å². The number of rotatable bonds is 5. The van der Waals surface area contributed by atoms with Crippen LogP contribution in [0.4, 0.5) is 5.69 Å². The third-order valence-corrected chi connectivity index (χ3v) is 4.20. The summed E-state index contributed by atoms with van der Waals surface area (Å²) in [6, 6.07) is 8.10. The maximum Gasteiger partial charge on any atom is 0.282 e. The van der Waals surface area contributed by atoms with Crippen molar-refractivity contribution in [2.45, 2.75) is 45.8 Å². The molecule has 1 aromatic carbocycles. The van der Waals surface area contributed by atoms with E-state index in [4.69, 9.17) is 14.9 Å². The second-order valence-electron chi connectivity index (χ2n) is 6.19. The van der Waals surface area contributed by atoms with E-state index in [1.54, 1.807) is 13.8 Å². The Morgan fingerprint density at radius 2 is 2.00 bits per heavy atom. The lowest BCUT2D eigenvalue weighted by molar-refractivity contribution is 0.102. The van der Waals surface area contributed by atoms with E-state index in [-0.39, 0.29) is 24.1 Å². The van der Waals surface area contributed by atoms with Crippen molar-refractivity contribution in [3.05, 3.63) is 47.2 Å². The molecule has 3 rings (SSSR count). The first kappa shape index (κ1) is 17.0. The summed E-state index contributed by atoms with van der Waals surface area (Å²) >= 11 is 0. The molecule has 0 saturated carbocycles. The van der Waals surface area contributed by atoms with Gasteiger partial charge in [0, 0.05) is 12.6 Å². The van der Waals surface area contributed by atoms with Crippen molar-refractivity contribution in [2.24, 2.45) is 10.7 Å². The molecule has 0 saturated heterocycles. The van der Waals surface area contributed by atoms with Crippen molar-refractivity contribution < 1.29 is 13.9 Å². The zero-order valence-electron chi connectivity index (χ0n) is 14.6. The number of carbonyl (C=O) groups excluding carboxylic acids is 1. The average Bonchev–Trinajstić information content (AvgIpc) is 3.07. The van der Waals surface area contributed by atoms with E-state index >= 15 is 0 Å². The quantitative estimate of drug-likeness (QED) is 0.869. The van der Waals surface area contributed by atoms with Crippen LogP contribution in [0, 0.1) is 13.8 Å². The molecule has 1 aliphatic rings. The lowest BCUT2D eigenvalue weighted by Gasteiger charge is -2.12. The highest BCUT2D eigenvalue weighted by atomic mass is 16.5. The molecule has 1 amide bonds. The van der Waals surface area contributed by atoms with Gasteiger partial charge in [-0.2, -0.15) is 0 Å². The fraction of sp³-hybridized carbons (Fsp3) is 0.389. The number of aromatic nitrogens is 1. The summed E-state index contributed by atoms with van der Waals surface area (Å²) in [7, 11) is 0. The summed E-state index contributed by atoms with van der Waals surface area (Å²) in [5.41, 5.74) is 7.78. The van der Waals surface area contributed by atoms with E-state index < -0.39 is 0 Å². The first-order valence-corrected chi connectivity index (χ1v) is 8.26. The van der Waals surface area contributed by atoms with E-state index in [9.17, 15) is 4.79 Å². The normalized spacial score (nSPS) is 19.4. The minimum absolute atomic E-state index is 0.0210. The van der Waals surface area contributed by atoms with Gasteiger partial charge in [-0.1, -0.05) is 12.1 Å². The SMILES string of the molecule is Cc1nc(C(=O)Nc2ccc(CCC3N=C(N)O[C@H]3C)cc2)c(C)o1. The van der Waals surface area contributed by atoms with Crippen molar-refractivity contribution in [1.29, 1.82) is 0 Å². The van der Waals surface area contributed by atoms with Crippen LogP contribution in [-0.4, -0.2) is 29.1 Å². The molecule has 7 nitrogen and oxygen atoms in total. The number of amides is 1. The number of aryl methyl sites for hydroxylation is 3. The van der Waals surface area contributed by atoms with Crippen LogP contribution in [0.25, 0.3) is 0 Å². The zero-order valence-corrected chi connectivity index (χ0v) is 14.6. The van der Waals surface area contributed by atoms with Crippen LogP contribution in [0.5, 0.6) is 0 Å². The van der Waals surface area contributed by atoms with Crippen LogP contribution in [0.2, 0.25) is 0 Å². The van der Waals surface area contributed by atoms with Crippen LogP contribution < -0.4 is 11.1 Å². The third-order valence-electron chi connectivity index (χ3n) is 4.20. The molecule has 25 heavy (non-hydrogen) atoms. The Morgan fingerprint density at radius 3 is 2.56 bits per heavy atom. The van der Waals surface area contributed by atoms with Gasteiger partial charge < -0.3 is 20.2 Å². The van der Waals surface area contributed by atoms with Gasteiger partial charge in [-0.3, -0.25) is 4.79 Å². The predicted molar refractivity (Wildman–Crippen MR) is 94.7 cm³/mol. The standard InChI is InChI=1S/C18H22N4O3/c1-10-15(22-18(19)25-10)9-6-13-4-7-14(8-5-13)21-17(23)16-11(2)24-12(3)20-16/h4-5,7-8,10,15H,6,9H2,1-3H3,(H2,19,22)(H,21,23)/t10-,15?/m0/s1. The average molecular weight is 342 g/mol. The number of nitrogens with two attached hydrogens (primary N) is 1. The van der Waals surface area contributed by atoms with E-state index in [0.717, 1.165) is 12.8 Å². The highest BCUT2D eigenvalue weighted by Crippen LogP contribution is 2.19. The van der Waals surface area contributed by atoms with Crippen LogP contribution in [0.1, 0.15) is 41.0 Å². The minimum atomic E-state index is -0.274. The molecule has 1 unspecified atom stereocenters. The smallest absolute Gasteiger partial charge is 0.282 e. The highest BCUT2D eigenvalue weighted by Gasteiger charge is 2.25. The number of aliphatic imine (C=N–C) groups is 1. The number of carbonyl (C=O) groups is 1. The fourth-order valence-corrected chi connectivity index (χ4v) is 2.87.